The fourth-order valence-electron chi connectivity index (χ4n) is 4.14. The Hall–Kier alpha value is -2.64. The molecule has 0 saturated heterocycles. The van der Waals surface area contributed by atoms with E-state index < -0.39 is 0 Å². The molecule has 1 N–H and O–H groups in total. The highest BCUT2D eigenvalue weighted by Crippen LogP contribution is 2.31. The minimum atomic E-state index is 0.00197. The Bertz CT molecular complexity index is 1030. The average molecular weight is 439 g/mol. The Balaban J connectivity index is 1.32. The summed E-state index contributed by atoms with van der Waals surface area (Å²) in [6.07, 6.45) is 1.21. The minimum absolute atomic E-state index is 0.00197. The van der Waals surface area contributed by atoms with Gasteiger partial charge in [0.1, 0.15) is 11.9 Å². The first-order chi connectivity index (χ1) is 15.0. The van der Waals surface area contributed by atoms with Crippen molar-refractivity contribution >= 4 is 17.2 Å². The molecule has 0 fully saturated rings. The number of rotatable bonds is 7. The molecule has 1 aliphatic rings. The zero-order valence-electron chi connectivity index (χ0n) is 18.4. The van der Waals surface area contributed by atoms with E-state index in [9.17, 15) is 4.79 Å². The van der Waals surface area contributed by atoms with Crippen LogP contribution in [0.4, 0.5) is 0 Å². The molecule has 1 aromatic carbocycles. The van der Waals surface area contributed by atoms with E-state index >= 15 is 0 Å². The summed E-state index contributed by atoms with van der Waals surface area (Å²) in [5.41, 5.74) is 5.72. The lowest BCUT2D eigenvalue weighted by Crippen LogP contribution is -2.36. The van der Waals surface area contributed by atoms with Crippen LogP contribution in [0.25, 0.3) is 0 Å². The highest BCUT2D eigenvalue weighted by molar-refractivity contribution is 7.07. The maximum atomic E-state index is 12.4. The smallest absolute Gasteiger partial charge is 0.220 e. The predicted octanol–water partition coefficient (Wildman–Crippen LogP) is 3.78. The van der Waals surface area contributed by atoms with E-state index in [0.717, 1.165) is 43.2 Å². The fraction of sp³-hybridized carbons (Fsp3) is 0.417. The van der Waals surface area contributed by atoms with Crippen LogP contribution in [0, 0.1) is 13.8 Å². The molecule has 2 aromatic heterocycles. The molecule has 0 spiro atoms. The summed E-state index contributed by atoms with van der Waals surface area (Å²) >= 11 is 1.69. The number of carbonyl (C=O) groups excluding carboxylic acids is 1. The van der Waals surface area contributed by atoms with Gasteiger partial charge in [-0.25, -0.2) is 0 Å². The van der Waals surface area contributed by atoms with Crippen molar-refractivity contribution in [3.63, 3.8) is 0 Å². The van der Waals surface area contributed by atoms with Gasteiger partial charge in [-0.15, -0.1) is 0 Å². The summed E-state index contributed by atoms with van der Waals surface area (Å²) in [4.78, 5) is 14.8. The average Bonchev–Trinajstić information content (AvgIpc) is 3.31. The van der Waals surface area contributed by atoms with Crippen LogP contribution in [-0.4, -0.2) is 40.2 Å². The van der Waals surface area contributed by atoms with Crippen LogP contribution in [0.5, 0.6) is 5.75 Å². The normalized spacial score (nSPS) is 16.4. The second kappa shape index (κ2) is 9.66. The zero-order valence-corrected chi connectivity index (χ0v) is 19.2. The molecule has 1 unspecified atom stereocenters. The lowest BCUT2D eigenvalue weighted by molar-refractivity contribution is -0.121. The van der Waals surface area contributed by atoms with Gasteiger partial charge in [-0.05, 0) is 48.7 Å². The molecule has 0 bridgehead atoms. The molecule has 0 saturated carbocycles. The van der Waals surface area contributed by atoms with Crippen LogP contribution in [0.3, 0.4) is 0 Å². The standard InChI is InChI=1S/C24H30N4O2S/c1-17-21(18(2)27(3)26-17)8-9-24(29)25-11-12-28-14-19-6-4-5-7-22(19)30-23(15-28)20-10-13-31-16-20/h4-7,10,13,16,23H,8-9,11-12,14-15H2,1-3H3,(H,25,29). The third-order valence-corrected chi connectivity index (χ3v) is 6.69. The highest BCUT2D eigenvalue weighted by atomic mass is 32.1. The van der Waals surface area contributed by atoms with Crippen LogP contribution >= 0.6 is 11.3 Å². The fourth-order valence-corrected chi connectivity index (χ4v) is 4.84. The van der Waals surface area contributed by atoms with Crippen LogP contribution < -0.4 is 10.1 Å². The van der Waals surface area contributed by atoms with E-state index in [2.05, 4.69) is 51.2 Å². The van der Waals surface area contributed by atoms with Crippen LogP contribution in [0.2, 0.25) is 0 Å². The Morgan fingerprint density at radius 1 is 1.29 bits per heavy atom. The van der Waals surface area contributed by atoms with Gasteiger partial charge in [-0.1, -0.05) is 18.2 Å². The summed E-state index contributed by atoms with van der Waals surface area (Å²) < 4.78 is 8.22. The molecule has 6 nitrogen and oxygen atoms in total. The number of para-hydroxylation sites is 1. The first-order valence-electron chi connectivity index (χ1n) is 10.8. The summed E-state index contributed by atoms with van der Waals surface area (Å²) in [6, 6.07) is 10.4. The van der Waals surface area contributed by atoms with E-state index in [0.29, 0.717) is 13.0 Å². The molecule has 4 rings (SSSR count). The molecule has 1 aliphatic heterocycles. The van der Waals surface area contributed by atoms with Crippen LogP contribution in [-0.2, 0) is 24.8 Å². The van der Waals surface area contributed by atoms with Gasteiger partial charge < -0.3 is 10.1 Å². The molecule has 164 valence electrons. The number of nitrogens with one attached hydrogen (secondary N) is 1. The number of thiophene rings is 1. The number of nitrogens with zero attached hydrogens (tertiary/aromatic N) is 3. The van der Waals surface area contributed by atoms with E-state index in [1.165, 1.54) is 16.7 Å². The quantitative estimate of drug-likeness (QED) is 0.610. The Labute approximate surface area is 187 Å². The van der Waals surface area contributed by atoms with Gasteiger partial charge >= 0.3 is 0 Å². The molecular formula is C24H30N4O2S. The second-order valence-electron chi connectivity index (χ2n) is 8.13. The monoisotopic (exact) mass is 438 g/mol. The number of amides is 1. The Morgan fingerprint density at radius 3 is 2.87 bits per heavy atom. The molecule has 3 aromatic rings. The van der Waals surface area contributed by atoms with Gasteiger partial charge in [-0.3, -0.25) is 14.4 Å². The summed E-state index contributed by atoms with van der Waals surface area (Å²) in [7, 11) is 1.94. The number of fused-ring (bicyclic) bond motifs is 1. The van der Waals surface area contributed by atoms with Crippen molar-refractivity contribution < 1.29 is 9.53 Å². The maximum Gasteiger partial charge on any atom is 0.220 e. The van der Waals surface area contributed by atoms with Crippen LogP contribution in [0.15, 0.2) is 41.1 Å². The van der Waals surface area contributed by atoms with Crippen LogP contribution in [0.1, 0.15) is 40.6 Å². The lowest BCUT2D eigenvalue weighted by atomic mass is 10.1. The second-order valence-corrected chi connectivity index (χ2v) is 8.91. The van der Waals surface area contributed by atoms with Gasteiger partial charge in [0, 0.05) is 56.5 Å². The molecule has 31 heavy (non-hydrogen) atoms. The number of hydrogen-bond donors (Lipinski definition) is 1. The van der Waals surface area contributed by atoms with Gasteiger partial charge in [-0.2, -0.15) is 16.4 Å². The Morgan fingerprint density at radius 2 is 2.13 bits per heavy atom. The first kappa shape index (κ1) is 21.6. The van der Waals surface area contributed by atoms with Crippen molar-refractivity contribution in [2.45, 2.75) is 39.3 Å². The summed E-state index contributed by atoms with van der Waals surface area (Å²) in [5, 5.41) is 11.8. The highest BCUT2D eigenvalue weighted by Gasteiger charge is 2.24. The summed E-state index contributed by atoms with van der Waals surface area (Å²) in [6.45, 7) is 7.09. The Kier molecular flexibility index (Phi) is 6.73. The molecule has 7 heteroatoms. The number of carbonyl (C=O) groups is 1. The number of aromatic nitrogens is 2. The topological polar surface area (TPSA) is 59.4 Å². The third kappa shape index (κ3) is 5.17. The summed E-state index contributed by atoms with van der Waals surface area (Å²) in [5.74, 6) is 1.04. The lowest BCUT2D eigenvalue weighted by Gasteiger charge is -2.23. The molecule has 0 aliphatic carbocycles. The van der Waals surface area contributed by atoms with E-state index in [4.69, 9.17) is 4.74 Å². The third-order valence-electron chi connectivity index (χ3n) is 5.99. The van der Waals surface area contributed by atoms with Gasteiger partial charge in [0.15, 0.2) is 0 Å². The number of hydrogen-bond acceptors (Lipinski definition) is 5. The van der Waals surface area contributed by atoms with Crippen molar-refractivity contribution in [1.29, 1.82) is 0 Å². The van der Waals surface area contributed by atoms with Crippen molar-refractivity contribution in [2.24, 2.45) is 7.05 Å². The van der Waals surface area contributed by atoms with Gasteiger partial charge in [0.05, 0.1) is 5.69 Å². The van der Waals surface area contributed by atoms with Crippen molar-refractivity contribution in [1.82, 2.24) is 20.0 Å². The van der Waals surface area contributed by atoms with Crippen molar-refractivity contribution in [2.75, 3.05) is 19.6 Å². The van der Waals surface area contributed by atoms with Crippen molar-refractivity contribution in [3.05, 3.63) is 69.2 Å². The first-order valence-corrected chi connectivity index (χ1v) is 11.7. The maximum absolute atomic E-state index is 12.4. The minimum Gasteiger partial charge on any atom is -0.484 e. The molecular weight excluding hydrogens is 408 g/mol. The van der Waals surface area contributed by atoms with E-state index in [-0.39, 0.29) is 12.0 Å². The zero-order chi connectivity index (χ0) is 21.8. The largest absolute Gasteiger partial charge is 0.484 e. The number of benzene rings is 1. The van der Waals surface area contributed by atoms with Gasteiger partial charge in [0.25, 0.3) is 0 Å². The number of ether oxygens (including phenoxy) is 1. The molecule has 3 heterocycles. The van der Waals surface area contributed by atoms with E-state index in [1.807, 2.05) is 30.8 Å². The van der Waals surface area contributed by atoms with Crippen molar-refractivity contribution in [3.8, 4) is 5.75 Å². The SMILES string of the molecule is Cc1nn(C)c(C)c1CCC(=O)NCCN1Cc2ccccc2OC(c2ccsc2)C1. The molecule has 1 atom stereocenters. The molecule has 0 radical (unpaired) electrons. The number of aryl methyl sites for hydroxylation is 2. The van der Waals surface area contributed by atoms with E-state index in [1.54, 1.807) is 11.3 Å². The predicted molar refractivity (Wildman–Crippen MR) is 123 cm³/mol. The molecule has 1 amide bonds. The van der Waals surface area contributed by atoms with Gasteiger partial charge in [0.2, 0.25) is 5.91 Å².